The van der Waals surface area contributed by atoms with Gasteiger partial charge in [-0.3, -0.25) is 0 Å². The molecule has 0 saturated heterocycles. The number of halogens is 1. The van der Waals surface area contributed by atoms with Crippen LogP contribution in [0.4, 0.5) is 4.39 Å². The number of hydrogen-bond donors (Lipinski definition) is 0. The van der Waals surface area contributed by atoms with Crippen LogP contribution < -0.4 is 0 Å². The summed E-state index contributed by atoms with van der Waals surface area (Å²) >= 11 is 1.57. The summed E-state index contributed by atoms with van der Waals surface area (Å²) in [6, 6.07) is 6.48. The first kappa shape index (κ1) is 8.38. The Kier molecular flexibility index (Phi) is 2.10. The SMILES string of the molecule is Cc1nc(-c2cccc(F)c2)cs1. The summed E-state index contributed by atoms with van der Waals surface area (Å²) < 4.78 is 12.8. The highest BCUT2D eigenvalue weighted by atomic mass is 32.1. The van der Waals surface area contributed by atoms with Crippen LogP contribution in [0.3, 0.4) is 0 Å². The molecule has 0 aliphatic rings. The lowest BCUT2D eigenvalue weighted by molar-refractivity contribution is 0.628. The van der Waals surface area contributed by atoms with E-state index in [0.29, 0.717) is 0 Å². The van der Waals surface area contributed by atoms with Gasteiger partial charge in [-0.15, -0.1) is 11.3 Å². The summed E-state index contributed by atoms with van der Waals surface area (Å²) in [5, 5.41) is 2.93. The van der Waals surface area contributed by atoms with Crippen molar-refractivity contribution in [2.75, 3.05) is 0 Å². The molecule has 1 nitrogen and oxygen atoms in total. The predicted molar refractivity (Wildman–Crippen MR) is 52.2 cm³/mol. The normalized spacial score (nSPS) is 10.3. The van der Waals surface area contributed by atoms with E-state index >= 15 is 0 Å². The third-order valence-corrected chi connectivity index (χ3v) is 2.51. The van der Waals surface area contributed by atoms with E-state index in [2.05, 4.69) is 4.98 Å². The molecule has 1 aromatic heterocycles. The number of aromatic nitrogens is 1. The molecular formula is C10H8FNS. The molecule has 2 aromatic rings. The Morgan fingerprint density at radius 1 is 1.38 bits per heavy atom. The highest BCUT2D eigenvalue weighted by Gasteiger charge is 2.01. The van der Waals surface area contributed by atoms with Crippen molar-refractivity contribution >= 4 is 11.3 Å². The maximum atomic E-state index is 12.8. The minimum absolute atomic E-state index is 0.219. The van der Waals surface area contributed by atoms with Gasteiger partial charge in [-0.05, 0) is 19.1 Å². The van der Waals surface area contributed by atoms with Gasteiger partial charge in [-0.2, -0.15) is 0 Å². The molecule has 2 rings (SSSR count). The van der Waals surface area contributed by atoms with Gasteiger partial charge < -0.3 is 0 Å². The van der Waals surface area contributed by atoms with E-state index in [1.54, 1.807) is 17.4 Å². The average molecular weight is 193 g/mol. The molecule has 0 bridgehead atoms. The van der Waals surface area contributed by atoms with Crippen molar-refractivity contribution in [3.8, 4) is 11.3 Å². The fourth-order valence-electron chi connectivity index (χ4n) is 1.14. The number of hydrogen-bond acceptors (Lipinski definition) is 2. The lowest BCUT2D eigenvalue weighted by Gasteiger charge is -1.95. The second kappa shape index (κ2) is 3.26. The first-order valence-electron chi connectivity index (χ1n) is 3.94. The molecule has 0 amide bonds. The standard InChI is InChI=1S/C10H8FNS/c1-7-12-10(6-13-7)8-3-2-4-9(11)5-8/h2-6H,1H3. The predicted octanol–water partition coefficient (Wildman–Crippen LogP) is 3.26. The van der Waals surface area contributed by atoms with Crippen LogP contribution in [0.5, 0.6) is 0 Å². The molecule has 66 valence electrons. The highest BCUT2D eigenvalue weighted by molar-refractivity contribution is 7.09. The van der Waals surface area contributed by atoms with Crippen LogP contribution in [0, 0.1) is 12.7 Å². The van der Waals surface area contributed by atoms with E-state index in [1.807, 2.05) is 18.4 Å². The van der Waals surface area contributed by atoms with E-state index in [9.17, 15) is 4.39 Å². The van der Waals surface area contributed by atoms with E-state index in [1.165, 1.54) is 12.1 Å². The van der Waals surface area contributed by atoms with E-state index in [4.69, 9.17) is 0 Å². The molecular weight excluding hydrogens is 185 g/mol. The third kappa shape index (κ3) is 1.75. The summed E-state index contributed by atoms with van der Waals surface area (Å²) in [7, 11) is 0. The molecule has 0 unspecified atom stereocenters. The molecule has 0 atom stereocenters. The van der Waals surface area contributed by atoms with Gasteiger partial charge in [0.2, 0.25) is 0 Å². The molecule has 0 radical (unpaired) electrons. The van der Waals surface area contributed by atoms with Crippen LogP contribution in [0.15, 0.2) is 29.6 Å². The van der Waals surface area contributed by atoms with E-state index in [-0.39, 0.29) is 5.82 Å². The fraction of sp³-hybridized carbons (Fsp3) is 0.100. The van der Waals surface area contributed by atoms with Gasteiger partial charge in [0.1, 0.15) is 5.82 Å². The van der Waals surface area contributed by atoms with Gasteiger partial charge in [0.05, 0.1) is 10.7 Å². The molecule has 1 heterocycles. The quantitative estimate of drug-likeness (QED) is 0.677. The number of aryl methyl sites for hydroxylation is 1. The lowest BCUT2D eigenvalue weighted by Crippen LogP contribution is -1.79. The maximum absolute atomic E-state index is 12.8. The summed E-state index contributed by atoms with van der Waals surface area (Å²) in [5.41, 5.74) is 1.69. The van der Waals surface area contributed by atoms with Crippen molar-refractivity contribution in [1.29, 1.82) is 0 Å². The van der Waals surface area contributed by atoms with Crippen molar-refractivity contribution in [3.63, 3.8) is 0 Å². The van der Waals surface area contributed by atoms with Crippen LogP contribution in [0.1, 0.15) is 5.01 Å². The first-order chi connectivity index (χ1) is 6.25. The van der Waals surface area contributed by atoms with Crippen LogP contribution in [-0.4, -0.2) is 4.98 Å². The molecule has 3 heteroatoms. The Bertz CT molecular complexity index is 422. The summed E-state index contributed by atoms with van der Waals surface area (Å²) in [6.07, 6.45) is 0. The van der Waals surface area contributed by atoms with Crippen LogP contribution in [-0.2, 0) is 0 Å². The molecule has 0 spiro atoms. The second-order valence-electron chi connectivity index (χ2n) is 2.76. The molecule has 0 N–H and O–H groups in total. The monoisotopic (exact) mass is 193 g/mol. The third-order valence-electron chi connectivity index (χ3n) is 1.74. The van der Waals surface area contributed by atoms with Gasteiger partial charge in [-0.25, -0.2) is 9.37 Å². The smallest absolute Gasteiger partial charge is 0.123 e. The van der Waals surface area contributed by atoms with E-state index < -0.39 is 0 Å². The molecule has 13 heavy (non-hydrogen) atoms. The van der Waals surface area contributed by atoms with Gasteiger partial charge in [0.15, 0.2) is 0 Å². The topological polar surface area (TPSA) is 12.9 Å². The molecule has 0 saturated carbocycles. The Balaban J connectivity index is 2.46. The molecule has 0 aliphatic carbocycles. The molecule has 0 aliphatic heterocycles. The summed E-state index contributed by atoms with van der Waals surface area (Å²) in [4.78, 5) is 4.27. The zero-order chi connectivity index (χ0) is 9.26. The Labute approximate surface area is 79.9 Å². The Morgan fingerprint density at radius 3 is 2.85 bits per heavy atom. The van der Waals surface area contributed by atoms with Gasteiger partial charge in [-0.1, -0.05) is 12.1 Å². The largest absolute Gasteiger partial charge is 0.242 e. The van der Waals surface area contributed by atoms with Gasteiger partial charge in [0.25, 0.3) is 0 Å². The highest BCUT2D eigenvalue weighted by Crippen LogP contribution is 2.21. The Hall–Kier alpha value is -1.22. The lowest BCUT2D eigenvalue weighted by atomic mass is 10.2. The number of rotatable bonds is 1. The van der Waals surface area contributed by atoms with Gasteiger partial charge >= 0.3 is 0 Å². The average Bonchev–Trinajstić information content (AvgIpc) is 2.52. The zero-order valence-electron chi connectivity index (χ0n) is 7.12. The Morgan fingerprint density at radius 2 is 2.23 bits per heavy atom. The van der Waals surface area contributed by atoms with Crippen LogP contribution in [0.2, 0.25) is 0 Å². The molecule has 0 fully saturated rings. The number of nitrogens with zero attached hydrogens (tertiary/aromatic N) is 1. The number of thiazole rings is 1. The van der Waals surface area contributed by atoms with Crippen molar-refractivity contribution in [1.82, 2.24) is 4.98 Å². The second-order valence-corrected chi connectivity index (χ2v) is 3.82. The van der Waals surface area contributed by atoms with E-state index in [0.717, 1.165) is 16.3 Å². The first-order valence-corrected chi connectivity index (χ1v) is 4.82. The van der Waals surface area contributed by atoms with Crippen LogP contribution in [0.25, 0.3) is 11.3 Å². The van der Waals surface area contributed by atoms with Crippen molar-refractivity contribution in [3.05, 3.63) is 40.5 Å². The molecule has 1 aromatic carbocycles. The number of benzene rings is 1. The minimum atomic E-state index is -0.219. The van der Waals surface area contributed by atoms with Crippen molar-refractivity contribution in [2.45, 2.75) is 6.92 Å². The minimum Gasteiger partial charge on any atom is -0.242 e. The maximum Gasteiger partial charge on any atom is 0.123 e. The summed E-state index contributed by atoms with van der Waals surface area (Å²) in [5.74, 6) is -0.219. The fourth-order valence-corrected chi connectivity index (χ4v) is 1.77. The zero-order valence-corrected chi connectivity index (χ0v) is 7.94. The van der Waals surface area contributed by atoms with Gasteiger partial charge in [0, 0.05) is 10.9 Å². The van der Waals surface area contributed by atoms with Crippen LogP contribution >= 0.6 is 11.3 Å². The van der Waals surface area contributed by atoms with Crippen molar-refractivity contribution in [2.24, 2.45) is 0 Å². The van der Waals surface area contributed by atoms with Crippen molar-refractivity contribution < 1.29 is 4.39 Å². The summed E-state index contributed by atoms with van der Waals surface area (Å²) in [6.45, 7) is 1.94.